The van der Waals surface area contributed by atoms with Gasteiger partial charge in [-0.05, 0) is 42.0 Å². The average Bonchev–Trinajstić information content (AvgIpc) is 3.21. The van der Waals surface area contributed by atoms with E-state index in [-0.39, 0.29) is 22.6 Å². The molecule has 0 spiro atoms. The van der Waals surface area contributed by atoms with Crippen LogP contribution in [0.2, 0.25) is 5.02 Å². The van der Waals surface area contributed by atoms with E-state index in [2.05, 4.69) is 4.72 Å². The molecule has 1 aromatic heterocycles. The van der Waals surface area contributed by atoms with Crippen LogP contribution >= 0.6 is 22.9 Å². The first-order valence-electron chi connectivity index (χ1n) is 10.5. The highest BCUT2D eigenvalue weighted by Gasteiger charge is 2.34. The van der Waals surface area contributed by atoms with Gasteiger partial charge in [-0.3, -0.25) is 9.59 Å². The van der Waals surface area contributed by atoms with Gasteiger partial charge in [-0.15, -0.1) is 11.3 Å². The summed E-state index contributed by atoms with van der Waals surface area (Å²) in [6, 6.07) is 15.4. The van der Waals surface area contributed by atoms with E-state index in [0.717, 1.165) is 27.0 Å². The van der Waals surface area contributed by atoms with E-state index in [9.17, 15) is 18.0 Å². The Kier molecular flexibility index (Phi) is 7.04. The van der Waals surface area contributed by atoms with Gasteiger partial charge >= 0.3 is 0 Å². The molecule has 0 unspecified atom stereocenters. The van der Waals surface area contributed by atoms with Crippen LogP contribution in [0, 0.1) is 0 Å². The summed E-state index contributed by atoms with van der Waals surface area (Å²) < 4.78 is 29.3. The van der Waals surface area contributed by atoms with Crippen LogP contribution in [0.15, 0.2) is 58.8 Å². The van der Waals surface area contributed by atoms with Crippen molar-refractivity contribution in [2.75, 3.05) is 20.1 Å². The molecule has 0 radical (unpaired) electrons. The van der Waals surface area contributed by atoms with Crippen LogP contribution in [0.25, 0.3) is 10.1 Å². The number of hydrogen-bond donors (Lipinski definition) is 1. The van der Waals surface area contributed by atoms with Gasteiger partial charge in [-0.2, -0.15) is 4.72 Å². The third-order valence-corrected chi connectivity index (χ3v) is 8.85. The van der Waals surface area contributed by atoms with Gasteiger partial charge in [0.2, 0.25) is 11.8 Å². The zero-order valence-corrected chi connectivity index (χ0v) is 20.4. The summed E-state index contributed by atoms with van der Waals surface area (Å²) in [5.41, 5.74) is 0.994. The quantitative estimate of drug-likeness (QED) is 0.532. The normalized spacial score (nSPS) is 16.8. The molecule has 1 N–H and O–H groups in total. The molecule has 0 saturated carbocycles. The van der Waals surface area contributed by atoms with Crippen LogP contribution in [0.5, 0.6) is 0 Å². The topological polar surface area (TPSA) is 86.8 Å². The number of likely N-dealkylation sites (N-methyl/N-ethyl adjacent to an activating group) is 1. The Morgan fingerprint density at radius 3 is 2.73 bits per heavy atom. The molecule has 10 heteroatoms. The summed E-state index contributed by atoms with van der Waals surface area (Å²) in [5, 5.41) is 1.30. The lowest BCUT2D eigenvalue weighted by molar-refractivity contribution is -0.142. The second-order valence-corrected chi connectivity index (χ2v) is 11.5. The highest BCUT2D eigenvalue weighted by molar-refractivity contribution is 7.91. The predicted octanol–water partition coefficient (Wildman–Crippen LogP) is 3.48. The molecule has 33 heavy (non-hydrogen) atoms. The first-order valence-corrected chi connectivity index (χ1v) is 13.2. The van der Waals surface area contributed by atoms with Crippen molar-refractivity contribution in [3.8, 4) is 0 Å². The van der Waals surface area contributed by atoms with Crippen LogP contribution < -0.4 is 4.72 Å². The Labute approximate surface area is 202 Å². The Balaban J connectivity index is 1.41. The number of carbonyl (C=O) groups excluding carboxylic acids is 2. The highest BCUT2D eigenvalue weighted by Crippen LogP contribution is 2.31. The summed E-state index contributed by atoms with van der Waals surface area (Å²) in [7, 11) is -2.20. The molecular formula is C23H24ClN3O4S2. The Morgan fingerprint density at radius 1 is 1.21 bits per heavy atom. The fourth-order valence-electron chi connectivity index (χ4n) is 3.79. The molecule has 1 saturated heterocycles. The SMILES string of the molecule is CN(Cc1ccccc1)C(=O)CN1CCC[C@H](NS(=O)(=O)c2cc3ccc(Cl)cc3s2)C1=O. The molecule has 7 nitrogen and oxygen atoms in total. The Hall–Kier alpha value is -2.46. The minimum absolute atomic E-state index is 0.0816. The van der Waals surface area contributed by atoms with E-state index in [1.807, 2.05) is 30.3 Å². The lowest BCUT2D eigenvalue weighted by Crippen LogP contribution is -2.54. The number of hydrogen-bond acceptors (Lipinski definition) is 5. The number of piperidine rings is 1. The minimum Gasteiger partial charge on any atom is -0.340 e. The van der Waals surface area contributed by atoms with Gasteiger partial charge in [0.1, 0.15) is 10.3 Å². The van der Waals surface area contributed by atoms with E-state index < -0.39 is 16.1 Å². The van der Waals surface area contributed by atoms with Crippen LogP contribution in [-0.4, -0.2) is 56.2 Å². The molecule has 4 rings (SSSR count). The smallest absolute Gasteiger partial charge is 0.250 e. The summed E-state index contributed by atoms with van der Waals surface area (Å²) >= 11 is 7.11. The maximum absolute atomic E-state index is 13.0. The van der Waals surface area contributed by atoms with Gasteiger partial charge in [0.15, 0.2) is 0 Å². The average molecular weight is 506 g/mol. The summed E-state index contributed by atoms with van der Waals surface area (Å²) in [5.74, 6) is -0.576. The van der Waals surface area contributed by atoms with Crippen LogP contribution in [0.3, 0.4) is 0 Å². The first kappa shape index (κ1) is 23.7. The zero-order valence-electron chi connectivity index (χ0n) is 18.0. The van der Waals surface area contributed by atoms with Crippen LogP contribution in [-0.2, 0) is 26.2 Å². The van der Waals surface area contributed by atoms with Crippen LogP contribution in [0.1, 0.15) is 18.4 Å². The number of amides is 2. The molecule has 2 aromatic carbocycles. The zero-order chi connectivity index (χ0) is 23.6. The predicted molar refractivity (Wildman–Crippen MR) is 130 cm³/mol. The van der Waals surface area contributed by atoms with E-state index in [0.29, 0.717) is 31.0 Å². The summed E-state index contributed by atoms with van der Waals surface area (Å²) in [6.45, 7) is 0.777. The second kappa shape index (κ2) is 9.80. The first-order chi connectivity index (χ1) is 15.7. The highest BCUT2D eigenvalue weighted by atomic mass is 35.5. The number of fused-ring (bicyclic) bond motifs is 1. The van der Waals surface area contributed by atoms with E-state index in [1.165, 1.54) is 4.90 Å². The monoisotopic (exact) mass is 505 g/mol. The van der Waals surface area contributed by atoms with E-state index in [4.69, 9.17) is 11.6 Å². The van der Waals surface area contributed by atoms with Crippen molar-refractivity contribution in [2.45, 2.75) is 29.6 Å². The largest absolute Gasteiger partial charge is 0.340 e. The van der Waals surface area contributed by atoms with Crippen molar-refractivity contribution < 1.29 is 18.0 Å². The van der Waals surface area contributed by atoms with Crippen molar-refractivity contribution in [3.63, 3.8) is 0 Å². The number of thiophene rings is 1. The van der Waals surface area contributed by atoms with Crippen LogP contribution in [0.4, 0.5) is 0 Å². The van der Waals surface area contributed by atoms with Gasteiger partial charge in [0, 0.05) is 29.9 Å². The third kappa shape index (κ3) is 5.55. The molecule has 0 aliphatic carbocycles. The number of likely N-dealkylation sites (tertiary alicyclic amines) is 1. The Morgan fingerprint density at radius 2 is 1.97 bits per heavy atom. The minimum atomic E-state index is -3.89. The summed E-state index contributed by atoms with van der Waals surface area (Å²) in [6.07, 6.45) is 0.996. The molecule has 1 fully saturated rings. The molecular weight excluding hydrogens is 482 g/mol. The molecule has 2 heterocycles. The van der Waals surface area contributed by atoms with E-state index >= 15 is 0 Å². The maximum atomic E-state index is 13.0. The van der Waals surface area contributed by atoms with Gasteiger partial charge in [0.05, 0.1) is 6.54 Å². The molecule has 1 aliphatic heterocycles. The standard InChI is InChI=1S/C23H24ClN3O4S2/c1-26(14-16-6-3-2-4-7-16)21(28)15-27-11-5-8-19(23(27)29)25-33(30,31)22-12-17-9-10-18(24)13-20(17)32-22/h2-4,6-7,9-10,12-13,19,25H,5,8,11,14-15H2,1H3/t19-/m0/s1. The number of halogens is 1. The van der Waals surface area contributed by atoms with Gasteiger partial charge in [0.25, 0.3) is 10.0 Å². The second-order valence-electron chi connectivity index (χ2n) is 8.06. The number of nitrogens with one attached hydrogen (secondary N) is 1. The Bertz CT molecular complexity index is 1280. The fourth-order valence-corrected chi connectivity index (χ4v) is 6.71. The molecule has 3 aromatic rings. The molecule has 1 atom stereocenters. The van der Waals surface area contributed by atoms with Gasteiger partial charge in [-0.25, -0.2) is 8.42 Å². The number of carbonyl (C=O) groups is 2. The molecule has 174 valence electrons. The van der Waals surface area contributed by atoms with Gasteiger partial charge < -0.3 is 9.80 Å². The van der Waals surface area contributed by atoms with Crippen molar-refractivity contribution in [1.82, 2.24) is 14.5 Å². The van der Waals surface area contributed by atoms with Crippen molar-refractivity contribution >= 4 is 54.9 Å². The van der Waals surface area contributed by atoms with E-state index in [1.54, 1.807) is 36.2 Å². The lowest BCUT2D eigenvalue weighted by atomic mass is 10.1. The van der Waals surface area contributed by atoms with Crippen molar-refractivity contribution in [2.24, 2.45) is 0 Å². The maximum Gasteiger partial charge on any atom is 0.250 e. The number of rotatable bonds is 7. The third-order valence-electron chi connectivity index (χ3n) is 5.57. The lowest BCUT2D eigenvalue weighted by Gasteiger charge is -2.33. The van der Waals surface area contributed by atoms with Crippen molar-refractivity contribution in [3.05, 3.63) is 65.2 Å². The molecule has 0 bridgehead atoms. The number of benzene rings is 2. The molecule has 1 aliphatic rings. The molecule has 2 amide bonds. The van der Waals surface area contributed by atoms with Gasteiger partial charge in [-0.1, -0.05) is 48.0 Å². The fraction of sp³-hybridized carbons (Fsp3) is 0.304. The number of sulfonamides is 1. The summed E-state index contributed by atoms with van der Waals surface area (Å²) in [4.78, 5) is 28.7. The van der Waals surface area contributed by atoms with Crippen molar-refractivity contribution in [1.29, 1.82) is 0 Å². The number of nitrogens with zero attached hydrogens (tertiary/aromatic N) is 2.